The second-order valence-electron chi connectivity index (χ2n) is 2.45. The quantitative estimate of drug-likeness (QED) is 0.593. The van der Waals surface area contributed by atoms with Gasteiger partial charge in [-0.1, -0.05) is 17.9 Å². The lowest BCUT2D eigenvalue weighted by molar-refractivity contribution is 0.100. The summed E-state index contributed by atoms with van der Waals surface area (Å²) in [7, 11) is 0. The fourth-order valence-corrected chi connectivity index (χ4v) is 0.903. The van der Waals surface area contributed by atoms with E-state index in [2.05, 4.69) is 11.8 Å². The zero-order valence-electron chi connectivity index (χ0n) is 7.08. The molecule has 0 fully saturated rings. The highest BCUT2D eigenvalue weighted by Crippen LogP contribution is 2.02. The predicted molar refractivity (Wildman–Crippen MR) is 50.9 cm³/mol. The third-order valence-electron chi connectivity index (χ3n) is 1.48. The molecule has 3 heteroatoms. The molecule has 0 saturated carbocycles. The average Bonchev–Trinajstić information content (AvgIpc) is 2.15. The van der Waals surface area contributed by atoms with E-state index < -0.39 is 5.91 Å². The highest BCUT2D eigenvalue weighted by Gasteiger charge is 1.98. The summed E-state index contributed by atoms with van der Waals surface area (Å²) in [6, 6.07) is 6.83. The Labute approximate surface area is 76.7 Å². The van der Waals surface area contributed by atoms with Crippen LogP contribution in [0.1, 0.15) is 15.9 Å². The zero-order chi connectivity index (χ0) is 9.68. The van der Waals surface area contributed by atoms with Gasteiger partial charge in [0.05, 0.1) is 6.54 Å². The Balaban J connectivity index is 2.98. The van der Waals surface area contributed by atoms with Crippen LogP contribution in [0.4, 0.5) is 0 Å². The molecule has 1 amide bonds. The number of benzene rings is 1. The normalized spacial score (nSPS) is 8.69. The molecule has 0 radical (unpaired) electrons. The van der Waals surface area contributed by atoms with Crippen molar-refractivity contribution in [2.45, 2.75) is 0 Å². The Morgan fingerprint density at radius 2 is 2.23 bits per heavy atom. The number of nitrogens with two attached hydrogens (primary N) is 2. The molecule has 0 aromatic heterocycles. The van der Waals surface area contributed by atoms with Crippen LogP contribution in [0.2, 0.25) is 0 Å². The smallest absolute Gasteiger partial charge is 0.248 e. The second kappa shape index (κ2) is 4.29. The van der Waals surface area contributed by atoms with Gasteiger partial charge in [-0.05, 0) is 18.2 Å². The largest absolute Gasteiger partial charge is 0.366 e. The Morgan fingerprint density at radius 3 is 2.85 bits per heavy atom. The summed E-state index contributed by atoms with van der Waals surface area (Å²) in [6.07, 6.45) is 0. The van der Waals surface area contributed by atoms with E-state index in [-0.39, 0.29) is 0 Å². The van der Waals surface area contributed by atoms with Crippen LogP contribution in [0.3, 0.4) is 0 Å². The van der Waals surface area contributed by atoms with Crippen LogP contribution in [0, 0.1) is 11.8 Å². The van der Waals surface area contributed by atoms with Gasteiger partial charge in [-0.25, -0.2) is 0 Å². The minimum atomic E-state index is -0.448. The van der Waals surface area contributed by atoms with E-state index in [0.717, 1.165) is 5.56 Å². The molecular weight excluding hydrogens is 164 g/mol. The molecule has 0 aliphatic heterocycles. The summed E-state index contributed by atoms with van der Waals surface area (Å²) in [5, 5.41) is 0. The Bertz CT molecular complexity index is 374. The van der Waals surface area contributed by atoms with Gasteiger partial charge in [0.2, 0.25) is 5.91 Å². The van der Waals surface area contributed by atoms with Crippen molar-refractivity contribution in [1.82, 2.24) is 0 Å². The van der Waals surface area contributed by atoms with Crippen LogP contribution >= 0.6 is 0 Å². The molecule has 1 aromatic carbocycles. The lowest BCUT2D eigenvalue weighted by Crippen LogP contribution is -2.10. The van der Waals surface area contributed by atoms with Crippen molar-refractivity contribution in [1.29, 1.82) is 0 Å². The summed E-state index contributed by atoms with van der Waals surface area (Å²) in [4.78, 5) is 10.8. The summed E-state index contributed by atoms with van der Waals surface area (Å²) < 4.78 is 0. The number of carbonyl (C=O) groups excluding carboxylic acids is 1. The Hall–Kier alpha value is -1.79. The van der Waals surface area contributed by atoms with Crippen molar-refractivity contribution >= 4 is 5.91 Å². The van der Waals surface area contributed by atoms with Crippen LogP contribution in [0.5, 0.6) is 0 Å². The van der Waals surface area contributed by atoms with E-state index in [4.69, 9.17) is 11.5 Å². The van der Waals surface area contributed by atoms with Crippen LogP contribution in [0.25, 0.3) is 0 Å². The average molecular weight is 174 g/mol. The van der Waals surface area contributed by atoms with Gasteiger partial charge in [-0.3, -0.25) is 4.79 Å². The Morgan fingerprint density at radius 1 is 1.46 bits per heavy atom. The zero-order valence-corrected chi connectivity index (χ0v) is 7.08. The second-order valence-corrected chi connectivity index (χ2v) is 2.45. The van der Waals surface area contributed by atoms with E-state index in [9.17, 15) is 4.79 Å². The minimum Gasteiger partial charge on any atom is -0.366 e. The summed E-state index contributed by atoms with van der Waals surface area (Å²) >= 11 is 0. The van der Waals surface area contributed by atoms with E-state index in [1.165, 1.54) is 0 Å². The summed E-state index contributed by atoms with van der Waals surface area (Å²) in [5.74, 6) is 5.07. The van der Waals surface area contributed by atoms with Crippen LogP contribution in [-0.2, 0) is 0 Å². The topological polar surface area (TPSA) is 69.1 Å². The third-order valence-corrected chi connectivity index (χ3v) is 1.48. The highest BCUT2D eigenvalue weighted by molar-refractivity contribution is 5.93. The van der Waals surface area contributed by atoms with E-state index in [1.54, 1.807) is 24.3 Å². The molecule has 0 aliphatic rings. The van der Waals surface area contributed by atoms with Crippen molar-refractivity contribution in [2.24, 2.45) is 11.5 Å². The van der Waals surface area contributed by atoms with Crippen LogP contribution in [-0.4, -0.2) is 12.5 Å². The molecule has 13 heavy (non-hydrogen) atoms. The predicted octanol–water partition coefficient (Wildman–Crippen LogP) is 0.0957. The fraction of sp³-hybridized carbons (Fsp3) is 0.100. The molecule has 1 rings (SSSR count). The number of rotatable bonds is 1. The van der Waals surface area contributed by atoms with Gasteiger partial charge < -0.3 is 11.5 Å². The molecular formula is C10H10N2O. The van der Waals surface area contributed by atoms with E-state index in [0.29, 0.717) is 12.1 Å². The number of amides is 1. The van der Waals surface area contributed by atoms with Crippen LogP contribution in [0.15, 0.2) is 24.3 Å². The summed E-state index contributed by atoms with van der Waals surface area (Å²) in [5.41, 5.74) is 11.5. The minimum absolute atomic E-state index is 0.306. The molecule has 0 heterocycles. The highest BCUT2D eigenvalue weighted by atomic mass is 16.1. The third kappa shape index (κ3) is 2.62. The lowest BCUT2D eigenvalue weighted by atomic mass is 10.1. The molecule has 0 spiro atoms. The molecule has 0 atom stereocenters. The monoisotopic (exact) mass is 174 g/mol. The first-order valence-electron chi connectivity index (χ1n) is 3.83. The first-order valence-corrected chi connectivity index (χ1v) is 3.83. The molecule has 66 valence electrons. The molecule has 0 aliphatic carbocycles. The van der Waals surface area contributed by atoms with E-state index >= 15 is 0 Å². The van der Waals surface area contributed by atoms with Gasteiger partial charge in [-0.15, -0.1) is 0 Å². The van der Waals surface area contributed by atoms with Crippen molar-refractivity contribution in [3.05, 3.63) is 35.4 Å². The van der Waals surface area contributed by atoms with Gasteiger partial charge in [0, 0.05) is 11.1 Å². The Kier molecular flexibility index (Phi) is 3.07. The molecule has 1 aromatic rings. The standard InChI is InChI=1S/C10H10N2O/c11-6-2-4-8-3-1-5-9(7-8)10(12)13/h1,3,5,7H,6,11H2,(H2,12,13). The summed E-state index contributed by atoms with van der Waals surface area (Å²) in [6.45, 7) is 0.306. The van der Waals surface area contributed by atoms with Gasteiger partial charge in [-0.2, -0.15) is 0 Å². The number of hydrogen-bond acceptors (Lipinski definition) is 2. The first-order chi connectivity index (χ1) is 6.24. The van der Waals surface area contributed by atoms with Crippen molar-refractivity contribution in [3.8, 4) is 11.8 Å². The van der Waals surface area contributed by atoms with Crippen molar-refractivity contribution < 1.29 is 4.79 Å². The lowest BCUT2D eigenvalue weighted by Gasteiger charge is -1.94. The van der Waals surface area contributed by atoms with Gasteiger partial charge in [0.1, 0.15) is 0 Å². The van der Waals surface area contributed by atoms with E-state index in [1.807, 2.05) is 0 Å². The maximum atomic E-state index is 10.8. The van der Waals surface area contributed by atoms with Gasteiger partial charge in [0.15, 0.2) is 0 Å². The van der Waals surface area contributed by atoms with Crippen molar-refractivity contribution in [2.75, 3.05) is 6.54 Å². The molecule has 0 bridgehead atoms. The van der Waals surface area contributed by atoms with Gasteiger partial charge in [0.25, 0.3) is 0 Å². The first kappa shape index (κ1) is 9.30. The molecule has 3 nitrogen and oxygen atoms in total. The number of primary amides is 1. The maximum Gasteiger partial charge on any atom is 0.248 e. The number of carbonyl (C=O) groups is 1. The van der Waals surface area contributed by atoms with Crippen LogP contribution < -0.4 is 11.5 Å². The van der Waals surface area contributed by atoms with Gasteiger partial charge >= 0.3 is 0 Å². The number of hydrogen-bond donors (Lipinski definition) is 2. The fourth-order valence-electron chi connectivity index (χ4n) is 0.903. The molecule has 4 N–H and O–H groups in total. The molecule has 0 unspecified atom stereocenters. The molecule has 0 saturated heterocycles. The SMILES string of the molecule is NCC#Cc1cccc(C(N)=O)c1. The van der Waals surface area contributed by atoms with Crippen molar-refractivity contribution in [3.63, 3.8) is 0 Å². The maximum absolute atomic E-state index is 10.8.